The number of aryl methyl sites for hydroxylation is 1. The summed E-state index contributed by atoms with van der Waals surface area (Å²) in [5, 5.41) is 3.91. The lowest BCUT2D eigenvalue weighted by Crippen LogP contribution is -2.46. The molecule has 6 heteroatoms. The number of amides is 2. The molecule has 0 bridgehead atoms. The van der Waals surface area contributed by atoms with Gasteiger partial charge in [0.1, 0.15) is 5.58 Å². The lowest BCUT2D eigenvalue weighted by Gasteiger charge is -2.31. The fourth-order valence-electron chi connectivity index (χ4n) is 2.93. The summed E-state index contributed by atoms with van der Waals surface area (Å²) < 4.78 is 10.6. The Bertz CT molecular complexity index is 745. The molecule has 1 saturated heterocycles. The van der Waals surface area contributed by atoms with Crippen molar-refractivity contribution in [1.29, 1.82) is 0 Å². The molecular weight excluding hydrogens is 308 g/mol. The largest absolute Gasteiger partial charge is 0.451 e. The van der Waals surface area contributed by atoms with Crippen LogP contribution in [-0.4, -0.2) is 42.6 Å². The summed E-state index contributed by atoms with van der Waals surface area (Å²) >= 11 is 0. The van der Waals surface area contributed by atoms with E-state index in [0.717, 1.165) is 16.5 Å². The Labute approximate surface area is 140 Å². The zero-order valence-corrected chi connectivity index (χ0v) is 14.0. The van der Waals surface area contributed by atoms with E-state index in [9.17, 15) is 9.59 Å². The van der Waals surface area contributed by atoms with Crippen LogP contribution in [0.2, 0.25) is 0 Å². The molecule has 1 aliphatic heterocycles. The normalized spacial score (nSPS) is 15.5. The average Bonchev–Trinajstić information content (AvgIpc) is 2.99. The molecule has 2 amide bonds. The van der Waals surface area contributed by atoms with E-state index in [1.54, 1.807) is 17.9 Å². The van der Waals surface area contributed by atoms with E-state index >= 15 is 0 Å². The van der Waals surface area contributed by atoms with Gasteiger partial charge in [0.05, 0.1) is 6.61 Å². The first-order valence-electron chi connectivity index (χ1n) is 8.29. The molecule has 0 spiro atoms. The van der Waals surface area contributed by atoms with Crippen molar-refractivity contribution < 1.29 is 18.7 Å². The van der Waals surface area contributed by atoms with Gasteiger partial charge in [0.2, 0.25) is 0 Å². The molecule has 128 valence electrons. The number of carbonyl (C=O) groups excluding carboxylic acids is 2. The summed E-state index contributed by atoms with van der Waals surface area (Å²) in [5.41, 5.74) is 1.81. The number of ether oxygens (including phenoxy) is 1. The summed E-state index contributed by atoms with van der Waals surface area (Å²) in [6.07, 6.45) is 1.14. The van der Waals surface area contributed by atoms with Crippen molar-refractivity contribution in [2.75, 3.05) is 19.7 Å². The van der Waals surface area contributed by atoms with Gasteiger partial charge < -0.3 is 19.4 Å². The SMILES string of the molecule is CCOC(=O)N1CCC(NC(=O)c2cc3ccc(C)cc3o2)CC1. The Hall–Kier alpha value is -2.50. The Morgan fingerprint density at radius 1 is 1.29 bits per heavy atom. The summed E-state index contributed by atoms with van der Waals surface area (Å²) in [4.78, 5) is 25.7. The second-order valence-electron chi connectivity index (χ2n) is 6.09. The number of hydrogen-bond acceptors (Lipinski definition) is 4. The van der Waals surface area contributed by atoms with Gasteiger partial charge in [0, 0.05) is 24.5 Å². The average molecular weight is 330 g/mol. The number of nitrogens with one attached hydrogen (secondary N) is 1. The number of piperidine rings is 1. The van der Waals surface area contributed by atoms with Crippen molar-refractivity contribution in [2.24, 2.45) is 0 Å². The number of rotatable bonds is 3. The van der Waals surface area contributed by atoms with E-state index in [1.165, 1.54) is 0 Å². The van der Waals surface area contributed by atoms with E-state index in [2.05, 4.69) is 5.32 Å². The smallest absolute Gasteiger partial charge is 0.409 e. The Morgan fingerprint density at radius 3 is 2.75 bits per heavy atom. The first-order chi connectivity index (χ1) is 11.6. The number of furan rings is 1. The molecule has 3 rings (SSSR count). The molecule has 2 aromatic rings. The van der Waals surface area contributed by atoms with Crippen LogP contribution in [0, 0.1) is 6.92 Å². The topological polar surface area (TPSA) is 71.8 Å². The van der Waals surface area contributed by atoms with Crippen molar-refractivity contribution in [1.82, 2.24) is 10.2 Å². The summed E-state index contributed by atoms with van der Waals surface area (Å²) in [6.45, 7) is 5.33. The number of benzene rings is 1. The van der Waals surface area contributed by atoms with Crippen LogP contribution in [0.3, 0.4) is 0 Å². The molecule has 1 aromatic carbocycles. The maximum atomic E-state index is 12.4. The molecule has 6 nitrogen and oxygen atoms in total. The standard InChI is InChI=1S/C18H22N2O4/c1-3-23-18(22)20-8-6-14(7-9-20)19-17(21)16-11-13-5-4-12(2)10-15(13)24-16/h4-5,10-11,14H,3,6-9H2,1-2H3,(H,19,21). The lowest BCUT2D eigenvalue weighted by molar-refractivity contribution is 0.0842. The maximum absolute atomic E-state index is 12.4. The highest BCUT2D eigenvalue weighted by Gasteiger charge is 2.25. The van der Waals surface area contributed by atoms with Gasteiger partial charge in [0.25, 0.3) is 5.91 Å². The second-order valence-corrected chi connectivity index (χ2v) is 6.09. The van der Waals surface area contributed by atoms with Gasteiger partial charge in [-0.2, -0.15) is 0 Å². The Kier molecular flexibility index (Phi) is 4.74. The van der Waals surface area contributed by atoms with Gasteiger partial charge in [-0.15, -0.1) is 0 Å². The lowest BCUT2D eigenvalue weighted by atomic mass is 10.1. The van der Waals surface area contributed by atoms with E-state index < -0.39 is 0 Å². The third-order valence-corrected chi connectivity index (χ3v) is 4.26. The van der Waals surface area contributed by atoms with Crippen LogP contribution in [0.4, 0.5) is 4.79 Å². The molecule has 0 aliphatic carbocycles. The Balaban J connectivity index is 1.58. The number of fused-ring (bicyclic) bond motifs is 1. The van der Waals surface area contributed by atoms with Crippen molar-refractivity contribution in [2.45, 2.75) is 32.7 Å². The van der Waals surface area contributed by atoms with Gasteiger partial charge in [-0.3, -0.25) is 4.79 Å². The first-order valence-corrected chi connectivity index (χ1v) is 8.29. The number of hydrogen-bond donors (Lipinski definition) is 1. The third kappa shape index (κ3) is 3.53. The molecule has 0 radical (unpaired) electrons. The monoisotopic (exact) mass is 330 g/mol. The molecular formula is C18H22N2O4. The number of likely N-dealkylation sites (tertiary alicyclic amines) is 1. The van der Waals surface area contributed by atoms with E-state index in [-0.39, 0.29) is 18.0 Å². The minimum absolute atomic E-state index is 0.0399. The summed E-state index contributed by atoms with van der Waals surface area (Å²) in [7, 11) is 0. The van der Waals surface area contributed by atoms with Crippen LogP contribution in [0.25, 0.3) is 11.0 Å². The van der Waals surface area contributed by atoms with E-state index in [0.29, 0.717) is 38.3 Å². The quantitative estimate of drug-likeness (QED) is 0.939. The van der Waals surface area contributed by atoms with Crippen LogP contribution in [0.15, 0.2) is 28.7 Å². The molecule has 2 heterocycles. The van der Waals surface area contributed by atoms with E-state index in [1.807, 2.05) is 25.1 Å². The minimum Gasteiger partial charge on any atom is -0.451 e. The Morgan fingerprint density at radius 2 is 2.04 bits per heavy atom. The summed E-state index contributed by atoms with van der Waals surface area (Å²) in [6, 6.07) is 7.66. The predicted octanol–water partition coefficient (Wildman–Crippen LogP) is 3.09. The molecule has 1 aromatic heterocycles. The highest BCUT2D eigenvalue weighted by molar-refractivity contribution is 5.96. The molecule has 24 heavy (non-hydrogen) atoms. The molecule has 1 aliphatic rings. The molecule has 0 saturated carbocycles. The summed E-state index contributed by atoms with van der Waals surface area (Å²) in [5.74, 6) is 0.113. The fourth-order valence-corrected chi connectivity index (χ4v) is 2.93. The molecule has 0 unspecified atom stereocenters. The van der Waals surface area contributed by atoms with Crippen LogP contribution in [-0.2, 0) is 4.74 Å². The molecule has 0 atom stereocenters. The van der Waals surface area contributed by atoms with Gasteiger partial charge in [0.15, 0.2) is 5.76 Å². The highest BCUT2D eigenvalue weighted by Crippen LogP contribution is 2.21. The zero-order valence-electron chi connectivity index (χ0n) is 14.0. The van der Waals surface area contributed by atoms with Gasteiger partial charge in [-0.25, -0.2) is 4.79 Å². The second kappa shape index (κ2) is 6.95. The van der Waals surface area contributed by atoms with Gasteiger partial charge in [-0.1, -0.05) is 12.1 Å². The fraction of sp³-hybridized carbons (Fsp3) is 0.444. The third-order valence-electron chi connectivity index (χ3n) is 4.26. The van der Waals surface area contributed by atoms with E-state index in [4.69, 9.17) is 9.15 Å². The first kappa shape index (κ1) is 16.4. The van der Waals surface area contributed by atoms with Crippen LogP contribution >= 0.6 is 0 Å². The predicted molar refractivity (Wildman–Crippen MR) is 90.0 cm³/mol. The number of nitrogens with zero attached hydrogens (tertiary/aromatic N) is 1. The van der Waals surface area contributed by atoms with Crippen molar-refractivity contribution in [3.8, 4) is 0 Å². The van der Waals surface area contributed by atoms with Crippen molar-refractivity contribution in [3.05, 3.63) is 35.6 Å². The molecule has 1 fully saturated rings. The van der Waals surface area contributed by atoms with Gasteiger partial charge in [-0.05, 0) is 44.4 Å². The number of carbonyl (C=O) groups is 2. The molecule has 1 N–H and O–H groups in total. The van der Waals surface area contributed by atoms with Crippen LogP contribution in [0.5, 0.6) is 0 Å². The highest BCUT2D eigenvalue weighted by atomic mass is 16.6. The maximum Gasteiger partial charge on any atom is 0.409 e. The van der Waals surface area contributed by atoms with Crippen molar-refractivity contribution in [3.63, 3.8) is 0 Å². The van der Waals surface area contributed by atoms with Crippen LogP contribution in [0.1, 0.15) is 35.9 Å². The van der Waals surface area contributed by atoms with Crippen molar-refractivity contribution >= 4 is 23.0 Å². The van der Waals surface area contributed by atoms with Gasteiger partial charge >= 0.3 is 6.09 Å². The van der Waals surface area contributed by atoms with Crippen LogP contribution < -0.4 is 5.32 Å². The minimum atomic E-state index is -0.282. The zero-order chi connectivity index (χ0) is 17.1.